The van der Waals surface area contributed by atoms with Gasteiger partial charge in [0.2, 0.25) is 5.91 Å². The zero-order valence-electron chi connectivity index (χ0n) is 13.7. The molecule has 1 fully saturated rings. The minimum atomic E-state index is -0.995. The van der Waals surface area contributed by atoms with Gasteiger partial charge in [-0.3, -0.25) is 4.79 Å². The number of hydrogen-bond donors (Lipinski definition) is 2. The van der Waals surface area contributed by atoms with Gasteiger partial charge in [-0.2, -0.15) is 0 Å². The Morgan fingerprint density at radius 2 is 1.95 bits per heavy atom. The standard InChI is InChI=1S/C15H26N2O5/c1-5-9(3)12(16-15(21)22-4)13(18)17-10(6-2)7-8-11(17)14(19)20/h9-12H,5-8H2,1-4H3,(H,16,21)(H,19,20). The van der Waals surface area contributed by atoms with E-state index in [1.165, 1.54) is 12.0 Å². The Balaban J connectivity index is 3.03. The first-order valence-electron chi connectivity index (χ1n) is 7.76. The molecule has 2 amide bonds. The van der Waals surface area contributed by atoms with Crippen molar-refractivity contribution < 1.29 is 24.2 Å². The van der Waals surface area contributed by atoms with Crippen LogP contribution in [0.15, 0.2) is 0 Å². The van der Waals surface area contributed by atoms with Gasteiger partial charge in [0.25, 0.3) is 0 Å². The second-order valence-corrected chi connectivity index (χ2v) is 5.74. The topological polar surface area (TPSA) is 95.9 Å². The Hall–Kier alpha value is -1.79. The van der Waals surface area contributed by atoms with Crippen LogP contribution in [0.1, 0.15) is 46.5 Å². The molecule has 2 N–H and O–H groups in total. The molecular weight excluding hydrogens is 288 g/mol. The van der Waals surface area contributed by atoms with Crippen molar-refractivity contribution in [2.45, 2.75) is 64.6 Å². The number of carboxylic acids is 1. The number of amides is 2. The number of aliphatic carboxylic acids is 1. The number of likely N-dealkylation sites (tertiary alicyclic amines) is 1. The third-order valence-corrected chi connectivity index (χ3v) is 4.45. The van der Waals surface area contributed by atoms with Crippen LogP contribution < -0.4 is 5.32 Å². The fraction of sp³-hybridized carbons (Fsp3) is 0.800. The third kappa shape index (κ3) is 3.90. The van der Waals surface area contributed by atoms with Gasteiger partial charge >= 0.3 is 12.1 Å². The molecule has 1 aliphatic heterocycles. The highest BCUT2D eigenvalue weighted by Gasteiger charge is 2.43. The van der Waals surface area contributed by atoms with Crippen LogP contribution in [0.25, 0.3) is 0 Å². The van der Waals surface area contributed by atoms with Crippen molar-refractivity contribution in [1.82, 2.24) is 10.2 Å². The molecule has 0 aromatic carbocycles. The summed E-state index contributed by atoms with van der Waals surface area (Å²) in [6, 6.07) is -1.69. The molecule has 1 heterocycles. The number of carbonyl (C=O) groups excluding carboxylic acids is 2. The average Bonchev–Trinajstić information content (AvgIpc) is 2.94. The quantitative estimate of drug-likeness (QED) is 0.776. The van der Waals surface area contributed by atoms with Gasteiger partial charge in [-0.15, -0.1) is 0 Å². The molecule has 0 radical (unpaired) electrons. The van der Waals surface area contributed by atoms with Gasteiger partial charge in [0.05, 0.1) is 7.11 Å². The monoisotopic (exact) mass is 314 g/mol. The van der Waals surface area contributed by atoms with Crippen molar-refractivity contribution in [3.8, 4) is 0 Å². The molecule has 7 nitrogen and oxygen atoms in total. The lowest BCUT2D eigenvalue weighted by Gasteiger charge is -2.33. The Morgan fingerprint density at radius 3 is 2.41 bits per heavy atom. The van der Waals surface area contributed by atoms with E-state index >= 15 is 0 Å². The van der Waals surface area contributed by atoms with E-state index in [0.717, 1.165) is 0 Å². The van der Waals surface area contributed by atoms with Gasteiger partial charge in [-0.1, -0.05) is 27.2 Å². The molecule has 126 valence electrons. The maximum Gasteiger partial charge on any atom is 0.407 e. The van der Waals surface area contributed by atoms with Gasteiger partial charge in [0, 0.05) is 6.04 Å². The van der Waals surface area contributed by atoms with Crippen LogP contribution in [-0.2, 0) is 14.3 Å². The van der Waals surface area contributed by atoms with E-state index in [1.54, 1.807) is 0 Å². The van der Waals surface area contributed by atoms with Crippen molar-refractivity contribution in [1.29, 1.82) is 0 Å². The molecule has 0 spiro atoms. The van der Waals surface area contributed by atoms with Crippen molar-refractivity contribution in [3.05, 3.63) is 0 Å². The van der Waals surface area contributed by atoms with Crippen LogP contribution in [0, 0.1) is 5.92 Å². The fourth-order valence-electron chi connectivity index (χ4n) is 2.89. The Morgan fingerprint density at radius 1 is 1.32 bits per heavy atom. The van der Waals surface area contributed by atoms with Gasteiger partial charge in [-0.05, 0) is 25.2 Å². The first kappa shape index (κ1) is 18.3. The molecule has 7 heteroatoms. The van der Waals surface area contributed by atoms with E-state index in [1.807, 2.05) is 20.8 Å². The predicted octanol–water partition coefficient (Wildman–Crippen LogP) is 1.61. The second-order valence-electron chi connectivity index (χ2n) is 5.74. The number of nitrogens with zero attached hydrogens (tertiary/aromatic N) is 1. The summed E-state index contributed by atoms with van der Waals surface area (Å²) in [5, 5.41) is 11.9. The SMILES string of the molecule is CCC(C)C(NC(=O)OC)C(=O)N1C(CC)CCC1C(=O)O. The minimum Gasteiger partial charge on any atom is -0.480 e. The number of rotatable bonds is 6. The van der Waals surface area contributed by atoms with Crippen molar-refractivity contribution in [2.24, 2.45) is 5.92 Å². The molecule has 0 aromatic heterocycles. The fourth-order valence-corrected chi connectivity index (χ4v) is 2.89. The zero-order valence-corrected chi connectivity index (χ0v) is 13.7. The number of alkyl carbamates (subject to hydrolysis) is 1. The predicted molar refractivity (Wildman–Crippen MR) is 80.4 cm³/mol. The van der Waals surface area contributed by atoms with Crippen LogP contribution in [0.3, 0.4) is 0 Å². The third-order valence-electron chi connectivity index (χ3n) is 4.45. The van der Waals surface area contributed by atoms with Gasteiger partial charge in [0.1, 0.15) is 12.1 Å². The molecule has 4 unspecified atom stereocenters. The lowest BCUT2D eigenvalue weighted by molar-refractivity contribution is -0.151. The van der Waals surface area contributed by atoms with Gasteiger partial charge < -0.3 is 20.1 Å². The van der Waals surface area contributed by atoms with Gasteiger partial charge in [-0.25, -0.2) is 9.59 Å². The van der Waals surface area contributed by atoms with Crippen LogP contribution >= 0.6 is 0 Å². The van der Waals surface area contributed by atoms with Crippen LogP contribution in [-0.4, -0.2) is 53.2 Å². The van der Waals surface area contributed by atoms with E-state index in [2.05, 4.69) is 10.1 Å². The first-order chi connectivity index (χ1) is 10.4. The van der Waals surface area contributed by atoms with Crippen molar-refractivity contribution in [2.75, 3.05) is 7.11 Å². The summed E-state index contributed by atoms with van der Waals surface area (Å²) in [4.78, 5) is 37.2. The molecule has 0 aromatic rings. The largest absolute Gasteiger partial charge is 0.480 e. The Kier molecular flexibility index (Phi) is 6.64. The summed E-state index contributed by atoms with van der Waals surface area (Å²) >= 11 is 0. The number of hydrogen-bond acceptors (Lipinski definition) is 4. The zero-order chi connectivity index (χ0) is 16.9. The van der Waals surface area contributed by atoms with Crippen LogP contribution in [0.2, 0.25) is 0 Å². The summed E-state index contributed by atoms with van der Waals surface area (Å²) in [5.74, 6) is -1.44. The van der Waals surface area contributed by atoms with Crippen LogP contribution in [0.4, 0.5) is 4.79 Å². The number of carboxylic acid groups (broad SMARTS) is 1. The molecule has 22 heavy (non-hydrogen) atoms. The Labute approximate surface area is 131 Å². The lowest BCUT2D eigenvalue weighted by Crippen LogP contribution is -2.56. The highest BCUT2D eigenvalue weighted by molar-refractivity contribution is 5.90. The smallest absolute Gasteiger partial charge is 0.407 e. The van der Waals surface area contributed by atoms with E-state index < -0.39 is 24.1 Å². The molecule has 1 aliphatic rings. The van der Waals surface area contributed by atoms with E-state index in [9.17, 15) is 19.5 Å². The number of methoxy groups -OCH3 is 1. The Bertz CT molecular complexity index is 426. The molecule has 1 saturated heterocycles. The number of nitrogens with one attached hydrogen (secondary N) is 1. The van der Waals surface area contributed by atoms with Crippen molar-refractivity contribution in [3.63, 3.8) is 0 Å². The average molecular weight is 314 g/mol. The minimum absolute atomic E-state index is 0.0976. The first-order valence-corrected chi connectivity index (χ1v) is 7.76. The van der Waals surface area contributed by atoms with E-state index in [-0.39, 0.29) is 17.9 Å². The summed E-state index contributed by atoms with van der Waals surface area (Å²) in [5.41, 5.74) is 0. The number of ether oxygens (including phenoxy) is 1. The summed E-state index contributed by atoms with van der Waals surface area (Å²) in [6.45, 7) is 5.70. The summed E-state index contributed by atoms with van der Waals surface area (Å²) in [6.07, 6.45) is 1.82. The highest BCUT2D eigenvalue weighted by atomic mass is 16.5. The molecule has 0 bridgehead atoms. The number of carbonyl (C=O) groups is 3. The van der Waals surface area contributed by atoms with Crippen molar-refractivity contribution >= 4 is 18.0 Å². The lowest BCUT2D eigenvalue weighted by atomic mass is 9.97. The molecular formula is C15H26N2O5. The molecule has 4 atom stereocenters. The highest BCUT2D eigenvalue weighted by Crippen LogP contribution is 2.28. The molecule has 0 aliphatic carbocycles. The molecule has 1 rings (SSSR count). The van der Waals surface area contributed by atoms with Gasteiger partial charge in [0.15, 0.2) is 0 Å². The summed E-state index contributed by atoms with van der Waals surface area (Å²) < 4.78 is 4.58. The van der Waals surface area contributed by atoms with Crippen LogP contribution in [0.5, 0.6) is 0 Å². The van der Waals surface area contributed by atoms with E-state index in [0.29, 0.717) is 25.7 Å². The maximum absolute atomic E-state index is 12.9. The second kappa shape index (κ2) is 8.00. The molecule has 0 saturated carbocycles. The normalized spacial score (nSPS) is 23.7. The summed E-state index contributed by atoms with van der Waals surface area (Å²) in [7, 11) is 1.23. The maximum atomic E-state index is 12.9. The van der Waals surface area contributed by atoms with E-state index in [4.69, 9.17) is 0 Å².